The summed E-state index contributed by atoms with van der Waals surface area (Å²) >= 11 is 0. The smallest absolute Gasteiger partial charge is 0.246 e. The summed E-state index contributed by atoms with van der Waals surface area (Å²) < 4.78 is 30.9. The van der Waals surface area contributed by atoms with Gasteiger partial charge in [0, 0.05) is 13.1 Å². The number of carbonyl (C=O) groups is 1. The second-order valence-electron chi connectivity index (χ2n) is 6.17. The molecule has 134 valence electrons. The average molecular weight is 354 g/mol. The van der Waals surface area contributed by atoms with Gasteiger partial charge in [-0.25, -0.2) is 8.42 Å². The fourth-order valence-corrected chi connectivity index (χ4v) is 4.26. The molecular weight excluding hydrogens is 328 g/mol. The molecule has 0 unspecified atom stereocenters. The van der Waals surface area contributed by atoms with E-state index in [-0.39, 0.29) is 5.91 Å². The third-order valence-electron chi connectivity index (χ3n) is 4.31. The van der Waals surface area contributed by atoms with Crippen molar-refractivity contribution < 1.29 is 17.9 Å². The predicted octanol–water partition coefficient (Wildman–Crippen LogP) is 2.25. The van der Waals surface area contributed by atoms with Gasteiger partial charge >= 0.3 is 0 Å². The van der Waals surface area contributed by atoms with Crippen LogP contribution in [0.5, 0.6) is 5.75 Å². The summed E-state index contributed by atoms with van der Waals surface area (Å²) in [5.41, 5.74) is 0.467. The predicted molar refractivity (Wildman–Crippen MR) is 94.8 cm³/mol. The molecule has 0 N–H and O–H groups in total. The first-order valence-corrected chi connectivity index (χ1v) is 10.1. The second kappa shape index (κ2) is 7.88. The molecule has 0 aromatic heterocycles. The van der Waals surface area contributed by atoms with E-state index >= 15 is 0 Å². The van der Waals surface area contributed by atoms with Crippen molar-refractivity contribution in [2.75, 3.05) is 30.8 Å². The molecule has 1 aromatic carbocycles. The normalized spacial score (nSPS) is 17.0. The number of hydrogen-bond donors (Lipinski definition) is 0. The van der Waals surface area contributed by atoms with E-state index in [0.29, 0.717) is 24.5 Å². The SMILES string of the molecule is COc1ccc(N([C@@H](C)C(=O)N2CCCCCC2)S(C)(=O)=O)cc1. The molecule has 1 aliphatic rings. The lowest BCUT2D eigenvalue weighted by molar-refractivity contribution is -0.131. The van der Waals surface area contributed by atoms with Crippen LogP contribution < -0.4 is 9.04 Å². The van der Waals surface area contributed by atoms with Gasteiger partial charge in [0.05, 0.1) is 19.1 Å². The number of carbonyl (C=O) groups excluding carboxylic acids is 1. The molecule has 2 rings (SSSR count). The van der Waals surface area contributed by atoms with Gasteiger partial charge in [-0.2, -0.15) is 0 Å². The molecule has 0 saturated carbocycles. The minimum Gasteiger partial charge on any atom is -0.497 e. The van der Waals surface area contributed by atoms with Gasteiger partial charge in [0.1, 0.15) is 11.8 Å². The molecule has 1 heterocycles. The molecule has 0 aliphatic carbocycles. The largest absolute Gasteiger partial charge is 0.497 e. The Kier molecular flexibility index (Phi) is 6.10. The van der Waals surface area contributed by atoms with E-state index in [1.54, 1.807) is 43.2 Å². The Hall–Kier alpha value is -1.76. The van der Waals surface area contributed by atoms with Gasteiger partial charge in [0.25, 0.3) is 0 Å². The van der Waals surface area contributed by atoms with Gasteiger partial charge in [-0.3, -0.25) is 9.10 Å². The molecule has 1 aromatic rings. The van der Waals surface area contributed by atoms with Crippen LogP contribution in [0.1, 0.15) is 32.6 Å². The number of benzene rings is 1. The highest BCUT2D eigenvalue weighted by Gasteiger charge is 2.32. The first-order valence-electron chi connectivity index (χ1n) is 8.27. The van der Waals surface area contributed by atoms with Crippen LogP contribution in [0.4, 0.5) is 5.69 Å². The number of hydrogen-bond acceptors (Lipinski definition) is 4. The van der Waals surface area contributed by atoms with E-state index in [0.717, 1.165) is 31.9 Å². The number of sulfonamides is 1. The lowest BCUT2D eigenvalue weighted by atomic mass is 10.2. The number of methoxy groups -OCH3 is 1. The summed E-state index contributed by atoms with van der Waals surface area (Å²) in [6.07, 6.45) is 5.31. The molecule has 1 amide bonds. The summed E-state index contributed by atoms with van der Waals surface area (Å²) in [7, 11) is -2.03. The van der Waals surface area contributed by atoms with Crippen molar-refractivity contribution in [3.63, 3.8) is 0 Å². The molecule has 1 aliphatic heterocycles. The van der Waals surface area contributed by atoms with Crippen molar-refractivity contribution in [2.45, 2.75) is 38.6 Å². The van der Waals surface area contributed by atoms with Crippen LogP contribution in [0.2, 0.25) is 0 Å². The van der Waals surface area contributed by atoms with E-state index in [9.17, 15) is 13.2 Å². The number of rotatable bonds is 5. The summed E-state index contributed by atoms with van der Waals surface area (Å²) in [5.74, 6) is 0.497. The van der Waals surface area contributed by atoms with Crippen LogP contribution >= 0.6 is 0 Å². The van der Waals surface area contributed by atoms with Crippen molar-refractivity contribution in [1.29, 1.82) is 0 Å². The molecule has 1 fully saturated rings. The van der Waals surface area contributed by atoms with Crippen molar-refractivity contribution in [3.8, 4) is 5.75 Å². The second-order valence-corrected chi connectivity index (χ2v) is 8.03. The number of ether oxygens (including phenoxy) is 1. The standard InChI is InChI=1S/C17H26N2O4S/c1-14(17(20)18-12-6-4-5-7-13-18)19(24(3,21)22)15-8-10-16(23-2)11-9-15/h8-11,14H,4-7,12-13H2,1-3H3/t14-/m0/s1. The average Bonchev–Trinajstić information content (AvgIpc) is 2.83. The Morgan fingerprint density at radius 3 is 2.12 bits per heavy atom. The first kappa shape index (κ1) is 18.6. The molecule has 0 bridgehead atoms. The van der Waals surface area contributed by atoms with Gasteiger partial charge in [0.15, 0.2) is 0 Å². The van der Waals surface area contributed by atoms with E-state index < -0.39 is 16.1 Å². The summed E-state index contributed by atoms with van der Waals surface area (Å²) in [4.78, 5) is 14.6. The Morgan fingerprint density at radius 1 is 1.12 bits per heavy atom. The van der Waals surface area contributed by atoms with E-state index in [2.05, 4.69) is 0 Å². The highest BCUT2D eigenvalue weighted by atomic mass is 32.2. The zero-order chi connectivity index (χ0) is 17.7. The van der Waals surface area contributed by atoms with Crippen LogP contribution in [0.15, 0.2) is 24.3 Å². The minimum atomic E-state index is -3.58. The number of amides is 1. The van der Waals surface area contributed by atoms with Gasteiger partial charge in [-0.15, -0.1) is 0 Å². The lowest BCUT2D eigenvalue weighted by Crippen LogP contribution is -2.49. The van der Waals surface area contributed by atoms with E-state index in [1.165, 1.54) is 4.31 Å². The zero-order valence-electron chi connectivity index (χ0n) is 14.6. The van der Waals surface area contributed by atoms with E-state index in [1.807, 2.05) is 0 Å². The maximum absolute atomic E-state index is 12.8. The highest BCUT2D eigenvalue weighted by Crippen LogP contribution is 2.25. The molecule has 6 nitrogen and oxygen atoms in total. The quantitative estimate of drug-likeness (QED) is 0.813. The van der Waals surface area contributed by atoms with E-state index in [4.69, 9.17) is 4.74 Å². The van der Waals surface area contributed by atoms with Gasteiger partial charge in [-0.05, 0) is 44.0 Å². The topological polar surface area (TPSA) is 66.9 Å². The third kappa shape index (κ3) is 4.41. The molecule has 24 heavy (non-hydrogen) atoms. The number of nitrogens with zero attached hydrogens (tertiary/aromatic N) is 2. The van der Waals surface area contributed by atoms with Crippen LogP contribution in [-0.2, 0) is 14.8 Å². The third-order valence-corrected chi connectivity index (χ3v) is 5.55. The minimum absolute atomic E-state index is 0.141. The molecular formula is C17H26N2O4S. The first-order chi connectivity index (χ1) is 11.3. The fraction of sp³-hybridized carbons (Fsp3) is 0.588. The summed E-state index contributed by atoms with van der Waals surface area (Å²) in [5, 5.41) is 0. The molecule has 0 radical (unpaired) electrons. The van der Waals surface area contributed by atoms with Gasteiger partial charge in [0.2, 0.25) is 15.9 Å². The zero-order valence-corrected chi connectivity index (χ0v) is 15.4. The van der Waals surface area contributed by atoms with Crippen LogP contribution in [0.3, 0.4) is 0 Å². The Balaban J connectivity index is 2.27. The summed E-state index contributed by atoms with van der Waals surface area (Å²) in [6.45, 7) is 3.05. The highest BCUT2D eigenvalue weighted by molar-refractivity contribution is 7.92. The lowest BCUT2D eigenvalue weighted by Gasteiger charge is -2.32. The Bertz CT molecular complexity index is 650. The molecule has 1 atom stereocenters. The summed E-state index contributed by atoms with van der Waals surface area (Å²) in [6, 6.07) is 5.93. The van der Waals surface area contributed by atoms with Crippen molar-refractivity contribution >= 4 is 21.6 Å². The Labute approximate surface area is 144 Å². The monoisotopic (exact) mass is 354 g/mol. The maximum atomic E-state index is 12.8. The molecule has 1 saturated heterocycles. The van der Waals surface area contributed by atoms with Crippen LogP contribution in [0.25, 0.3) is 0 Å². The number of anilines is 1. The van der Waals surface area contributed by atoms with Crippen molar-refractivity contribution in [1.82, 2.24) is 4.90 Å². The van der Waals surface area contributed by atoms with Gasteiger partial charge in [-0.1, -0.05) is 12.8 Å². The number of likely N-dealkylation sites (tertiary alicyclic amines) is 1. The Morgan fingerprint density at radius 2 is 1.67 bits per heavy atom. The van der Waals surface area contributed by atoms with Crippen molar-refractivity contribution in [3.05, 3.63) is 24.3 Å². The molecule has 7 heteroatoms. The molecule has 0 spiro atoms. The fourth-order valence-electron chi connectivity index (χ4n) is 3.09. The van der Waals surface area contributed by atoms with Crippen LogP contribution in [-0.4, -0.2) is 51.7 Å². The van der Waals surface area contributed by atoms with Crippen LogP contribution in [0, 0.1) is 0 Å². The maximum Gasteiger partial charge on any atom is 0.246 e. The van der Waals surface area contributed by atoms with Gasteiger partial charge < -0.3 is 9.64 Å². The van der Waals surface area contributed by atoms with Crippen molar-refractivity contribution in [2.24, 2.45) is 0 Å².